The number of piperidine rings is 2. The summed E-state index contributed by atoms with van der Waals surface area (Å²) in [6.45, 7) is 7.09. The van der Waals surface area contributed by atoms with E-state index in [-0.39, 0.29) is 42.3 Å². The first-order valence-corrected chi connectivity index (χ1v) is 19.7. The third kappa shape index (κ3) is 7.16. The van der Waals surface area contributed by atoms with Crippen molar-refractivity contribution >= 4 is 45.3 Å². The third-order valence-electron chi connectivity index (χ3n) is 12.1. The van der Waals surface area contributed by atoms with Crippen molar-refractivity contribution in [2.24, 2.45) is 13.0 Å². The second kappa shape index (κ2) is 14.7. The number of alkyl halides is 1. The van der Waals surface area contributed by atoms with Crippen LogP contribution in [0.1, 0.15) is 104 Å². The van der Waals surface area contributed by atoms with Crippen LogP contribution in [0.3, 0.4) is 0 Å². The predicted octanol–water partition coefficient (Wildman–Crippen LogP) is 5.41. The Kier molecular flexibility index (Phi) is 9.90. The van der Waals surface area contributed by atoms with Crippen molar-refractivity contribution in [3.8, 4) is 0 Å². The number of aryl methyl sites for hydroxylation is 2. The fourth-order valence-corrected chi connectivity index (χ4v) is 9.18. The maximum absolute atomic E-state index is 16.2. The Bertz CT molecular complexity index is 2400. The van der Waals surface area contributed by atoms with Gasteiger partial charge < -0.3 is 15.3 Å². The molecule has 0 radical (unpaired) electrons. The summed E-state index contributed by atoms with van der Waals surface area (Å²) in [5, 5.41) is 22.1. The highest BCUT2D eigenvalue weighted by molar-refractivity contribution is 6.04. The van der Waals surface area contributed by atoms with Gasteiger partial charge in [-0.05, 0) is 108 Å². The van der Waals surface area contributed by atoms with Crippen molar-refractivity contribution in [1.29, 1.82) is 0 Å². The quantitative estimate of drug-likeness (QED) is 0.177. The number of para-hydroxylation sites is 1. The molecule has 1 unspecified atom stereocenters. The number of halogens is 1. The van der Waals surface area contributed by atoms with Crippen LogP contribution in [-0.2, 0) is 22.2 Å². The van der Waals surface area contributed by atoms with Crippen LogP contribution in [0.4, 0.5) is 10.1 Å². The van der Waals surface area contributed by atoms with Gasteiger partial charge in [-0.2, -0.15) is 5.10 Å². The first kappa shape index (κ1) is 37.7. The number of hydrogen-bond acceptors (Lipinski definition) is 8. The fraction of sp³-hybridized carbons (Fsp3) is 0.476. The first-order chi connectivity index (χ1) is 26.7. The molecule has 1 aliphatic carbocycles. The summed E-state index contributed by atoms with van der Waals surface area (Å²) in [4.78, 5) is 57.6. The molecule has 5 heterocycles. The van der Waals surface area contributed by atoms with Gasteiger partial charge in [0.1, 0.15) is 17.9 Å². The normalized spacial score (nSPS) is 23.8. The third-order valence-corrected chi connectivity index (χ3v) is 12.1. The van der Waals surface area contributed by atoms with E-state index < -0.39 is 23.7 Å². The fourth-order valence-electron chi connectivity index (χ4n) is 9.18. The van der Waals surface area contributed by atoms with Crippen LogP contribution in [0.15, 0.2) is 59.5 Å². The zero-order chi connectivity index (χ0) is 39.5. The van der Waals surface area contributed by atoms with Crippen LogP contribution in [0.25, 0.3) is 21.9 Å². The topological polar surface area (TPSA) is 156 Å². The van der Waals surface area contributed by atoms with E-state index in [2.05, 4.69) is 20.5 Å². The Labute approximate surface area is 323 Å². The molecule has 0 spiro atoms. The van der Waals surface area contributed by atoms with Gasteiger partial charge in [-0.15, -0.1) is 0 Å². The molecule has 3 atom stereocenters. The maximum atomic E-state index is 16.2. The van der Waals surface area contributed by atoms with Crippen molar-refractivity contribution in [1.82, 2.24) is 34.1 Å². The molecule has 2 aliphatic heterocycles. The molecule has 3 fully saturated rings. The molecule has 5 aromatic rings. The number of carbonyl (C=O) groups is 3. The van der Waals surface area contributed by atoms with Gasteiger partial charge in [0, 0.05) is 61.0 Å². The molecule has 294 valence electrons. The number of fused-ring (bicyclic) bond motifs is 2. The van der Waals surface area contributed by atoms with Crippen molar-refractivity contribution in [2.75, 3.05) is 25.0 Å². The molecule has 8 rings (SSSR count). The second-order valence-electron chi connectivity index (χ2n) is 16.5. The average Bonchev–Trinajstić information content (AvgIpc) is 3.69. The zero-order valence-corrected chi connectivity index (χ0v) is 32.3. The smallest absolute Gasteiger partial charge is 0.329 e. The van der Waals surface area contributed by atoms with Crippen LogP contribution in [0.2, 0.25) is 0 Å². The summed E-state index contributed by atoms with van der Waals surface area (Å²) in [6.07, 6.45) is 5.79. The van der Waals surface area contributed by atoms with Gasteiger partial charge in [0.2, 0.25) is 11.8 Å². The van der Waals surface area contributed by atoms with E-state index in [0.717, 1.165) is 60.9 Å². The highest BCUT2D eigenvalue weighted by Gasteiger charge is 2.36. The minimum atomic E-state index is -1.22. The van der Waals surface area contributed by atoms with Gasteiger partial charge in [-0.3, -0.25) is 33.5 Å². The van der Waals surface area contributed by atoms with Crippen molar-refractivity contribution < 1.29 is 23.9 Å². The van der Waals surface area contributed by atoms with Crippen LogP contribution < -0.4 is 16.3 Å². The molecule has 2 saturated heterocycles. The number of aromatic nitrogens is 5. The average molecular weight is 765 g/mol. The number of benzene rings is 2. The Morgan fingerprint density at radius 2 is 1.80 bits per heavy atom. The van der Waals surface area contributed by atoms with Crippen LogP contribution in [-0.4, -0.2) is 77.4 Å². The van der Waals surface area contributed by atoms with E-state index in [1.165, 1.54) is 9.13 Å². The van der Waals surface area contributed by atoms with E-state index >= 15 is 4.39 Å². The number of aliphatic hydroxyl groups is 1. The Morgan fingerprint density at radius 1 is 1.04 bits per heavy atom. The number of carbonyl (C=O) groups excluding carboxylic acids is 3. The first-order valence-electron chi connectivity index (χ1n) is 19.7. The van der Waals surface area contributed by atoms with Gasteiger partial charge >= 0.3 is 5.69 Å². The SMILES string of the molecule is Cc1cccc(C(=O)Nc2cc3cn(C4CCC(CN5CC[C@@H](c6cccc7c6n(C)c(=O)n7C6CCC(=O)NC6=O)[C@@H](F)C5)CC4)nc3cc2C(C)(C)O)n1. The lowest BCUT2D eigenvalue weighted by atomic mass is 9.83. The molecule has 3 aliphatic rings. The number of imide groups is 1. The van der Waals surface area contributed by atoms with E-state index in [4.69, 9.17) is 5.10 Å². The molecule has 14 heteroatoms. The van der Waals surface area contributed by atoms with Crippen LogP contribution in [0, 0.1) is 12.8 Å². The number of nitrogens with zero attached hydrogens (tertiary/aromatic N) is 6. The number of amides is 3. The number of rotatable bonds is 8. The second-order valence-corrected chi connectivity index (χ2v) is 16.5. The van der Waals surface area contributed by atoms with Gasteiger partial charge in [-0.25, -0.2) is 14.2 Å². The standard InChI is InChI=1S/C42H49FN8O5/c1-24-7-5-9-32(44-24)39(53)45-34-19-26-22-50(47-33(26)20-30(34)42(2,3)56)27-13-11-25(12-14-27)21-49-18-17-28(31(43)23-49)29-8-6-10-35-38(29)48(4)41(55)51(35)36-15-16-37(52)46-40(36)54/h5-10,19-20,22,25,27-28,31,36,56H,11-18,21,23H2,1-4H3,(H,45,53)(H,46,52,54)/t25?,27?,28-,31-,36?/m0/s1. The molecule has 3 amide bonds. The molecule has 13 nitrogen and oxygen atoms in total. The number of imidazole rings is 1. The predicted molar refractivity (Wildman–Crippen MR) is 210 cm³/mol. The summed E-state index contributed by atoms with van der Waals surface area (Å²) >= 11 is 0. The monoisotopic (exact) mass is 764 g/mol. The number of hydrogen-bond donors (Lipinski definition) is 3. The highest BCUT2D eigenvalue weighted by Crippen LogP contribution is 2.39. The minimum absolute atomic E-state index is 0.160. The number of anilines is 1. The number of nitrogens with one attached hydrogen (secondary N) is 2. The van der Waals surface area contributed by atoms with Gasteiger partial charge in [0.05, 0.1) is 28.2 Å². The van der Waals surface area contributed by atoms with Crippen molar-refractivity contribution in [3.05, 3.63) is 87.7 Å². The van der Waals surface area contributed by atoms with Gasteiger partial charge in [0.25, 0.3) is 5.91 Å². The molecule has 3 N–H and O–H groups in total. The molecule has 0 bridgehead atoms. The number of pyridine rings is 1. The Morgan fingerprint density at radius 3 is 2.52 bits per heavy atom. The largest absolute Gasteiger partial charge is 0.386 e. The maximum Gasteiger partial charge on any atom is 0.329 e. The lowest BCUT2D eigenvalue weighted by Crippen LogP contribution is -2.44. The lowest BCUT2D eigenvalue weighted by molar-refractivity contribution is -0.135. The van der Waals surface area contributed by atoms with Crippen molar-refractivity contribution in [3.63, 3.8) is 0 Å². The summed E-state index contributed by atoms with van der Waals surface area (Å²) in [6, 6.07) is 13.9. The van der Waals surface area contributed by atoms with E-state index in [1.54, 1.807) is 39.1 Å². The van der Waals surface area contributed by atoms with Gasteiger partial charge in [-0.1, -0.05) is 18.2 Å². The van der Waals surface area contributed by atoms with E-state index in [9.17, 15) is 24.3 Å². The van der Waals surface area contributed by atoms with E-state index in [1.807, 2.05) is 48.1 Å². The molecule has 1 saturated carbocycles. The van der Waals surface area contributed by atoms with Crippen LogP contribution >= 0.6 is 0 Å². The summed E-state index contributed by atoms with van der Waals surface area (Å²) in [5.41, 5.74) is 3.31. The molecular weight excluding hydrogens is 716 g/mol. The summed E-state index contributed by atoms with van der Waals surface area (Å²) in [5.74, 6) is -1.12. The molecule has 3 aromatic heterocycles. The Balaban J connectivity index is 0.912. The zero-order valence-electron chi connectivity index (χ0n) is 32.3. The lowest BCUT2D eigenvalue weighted by Gasteiger charge is -2.38. The summed E-state index contributed by atoms with van der Waals surface area (Å²) < 4.78 is 21.2. The molecule has 56 heavy (non-hydrogen) atoms. The summed E-state index contributed by atoms with van der Waals surface area (Å²) in [7, 11) is 1.66. The molecular formula is C42H49FN8O5. The number of likely N-dealkylation sites (tertiary alicyclic amines) is 1. The highest BCUT2D eigenvalue weighted by atomic mass is 19.1. The minimum Gasteiger partial charge on any atom is -0.386 e. The van der Waals surface area contributed by atoms with Crippen molar-refractivity contribution in [2.45, 2.75) is 95.5 Å². The van der Waals surface area contributed by atoms with Gasteiger partial charge in [0.15, 0.2) is 0 Å². The molecule has 2 aromatic carbocycles. The van der Waals surface area contributed by atoms with Crippen LogP contribution in [0.5, 0.6) is 0 Å². The Hall–Kier alpha value is -5.21. The van der Waals surface area contributed by atoms with E-state index in [0.29, 0.717) is 46.9 Å².